The average Bonchev–Trinajstić information content (AvgIpc) is 2.85. The molecule has 0 bridgehead atoms. The van der Waals surface area contributed by atoms with E-state index in [4.69, 9.17) is 4.74 Å². The van der Waals surface area contributed by atoms with Crippen LogP contribution in [-0.2, 0) is 17.8 Å². The second-order valence-corrected chi connectivity index (χ2v) is 9.11. The van der Waals surface area contributed by atoms with Crippen molar-refractivity contribution in [3.8, 4) is 5.75 Å². The van der Waals surface area contributed by atoms with Crippen LogP contribution in [0.4, 0.5) is 0 Å². The molecule has 4 heteroatoms. The number of nitrogens with one attached hydrogen (secondary N) is 1. The highest BCUT2D eigenvalue weighted by molar-refractivity contribution is 5.79. The third-order valence-electron chi connectivity index (χ3n) is 6.53. The topological polar surface area (TPSA) is 41.6 Å². The van der Waals surface area contributed by atoms with E-state index >= 15 is 0 Å². The van der Waals surface area contributed by atoms with E-state index in [-0.39, 0.29) is 11.8 Å². The lowest BCUT2D eigenvalue weighted by Crippen LogP contribution is -2.45. The molecule has 0 unspecified atom stereocenters. The van der Waals surface area contributed by atoms with Crippen molar-refractivity contribution in [1.29, 1.82) is 0 Å². The molecule has 3 aromatic carbocycles. The van der Waals surface area contributed by atoms with Gasteiger partial charge in [0, 0.05) is 26.2 Å². The number of likely N-dealkylation sites (tertiary alicyclic amines) is 1. The van der Waals surface area contributed by atoms with Gasteiger partial charge < -0.3 is 10.1 Å². The van der Waals surface area contributed by atoms with Gasteiger partial charge >= 0.3 is 0 Å². The van der Waals surface area contributed by atoms with E-state index in [1.165, 1.54) is 22.3 Å². The SMILES string of the molecule is COc1ccc(CCNC(=O)[C@H]2C[C@@H](c3cccc(C)c3)CN(Cc3ccccc3)C2)cc1. The van der Waals surface area contributed by atoms with Gasteiger partial charge in [0.1, 0.15) is 5.75 Å². The first-order chi connectivity index (χ1) is 16.1. The summed E-state index contributed by atoms with van der Waals surface area (Å²) in [7, 11) is 1.67. The van der Waals surface area contributed by atoms with Gasteiger partial charge in [-0.25, -0.2) is 0 Å². The Morgan fingerprint density at radius 1 is 0.970 bits per heavy atom. The summed E-state index contributed by atoms with van der Waals surface area (Å²) in [4.78, 5) is 15.6. The summed E-state index contributed by atoms with van der Waals surface area (Å²) in [5.74, 6) is 1.37. The number of carbonyl (C=O) groups is 1. The van der Waals surface area contributed by atoms with Gasteiger partial charge in [0.15, 0.2) is 0 Å². The van der Waals surface area contributed by atoms with Gasteiger partial charge in [-0.05, 0) is 54.5 Å². The molecular weight excluding hydrogens is 408 g/mol. The lowest BCUT2D eigenvalue weighted by molar-refractivity contribution is -0.127. The number of carbonyl (C=O) groups excluding carboxylic acids is 1. The summed E-state index contributed by atoms with van der Waals surface area (Å²) >= 11 is 0. The van der Waals surface area contributed by atoms with Crippen molar-refractivity contribution in [2.75, 3.05) is 26.7 Å². The van der Waals surface area contributed by atoms with Crippen LogP contribution in [0.25, 0.3) is 0 Å². The highest BCUT2D eigenvalue weighted by atomic mass is 16.5. The number of hydrogen-bond acceptors (Lipinski definition) is 3. The molecule has 1 N–H and O–H groups in total. The molecule has 1 aliphatic rings. The Kier molecular flexibility index (Phi) is 7.79. The summed E-state index contributed by atoms with van der Waals surface area (Å²) in [6.45, 7) is 5.44. The number of hydrogen-bond donors (Lipinski definition) is 1. The Labute approximate surface area is 197 Å². The molecule has 0 aliphatic carbocycles. The zero-order valence-electron chi connectivity index (χ0n) is 19.7. The fourth-order valence-electron chi connectivity index (χ4n) is 4.78. The molecule has 4 nitrogen and oxygen atoms in total. The van der Waals surface area contributed by atoms with Crippen LogP contribution in [0.15, 0.2) is 78.9 Å². The summed E-state index contributed by atoms with van der Waals surface area (Å²) < 4.78 is 5.22. The van der Waals surface area contributed by atoms with E-state index < -0.39 is 0 Å². The second kappa shape index (κ2) is 11.2. The average molecular weight is 443 g/mol. The first-order valence-corrected chi connectivity index (χ1v) is 11.8. The maximum atomic E-state index is 13.2. The molecule has 4 rings (SSSR count). The van der Waals surface area contributed by atoms with Crippen molar-refractivity contribution in [3.05, 3.63) is 101 Å². The number of nitrogens with zero attached hydrogens (tertiary/aromatic N) is 1. The molecule has 0 radical (unpaired) electrons. The van der Waals surface area contributed by atoms with E-state index in [1.54, 1.807) is 7.11 Å². The number of ether oxygens (including phenoxy) is 1. The summed E-state index contributed by atoms with van der Waals surface area (Å²) in [5.41, 5.74) is 5.10. The standard InChI is InChI=1S/C29H34N2O2/c1-22-7-6-10-25(17-22)26-18-27(21-31(20-26)19-24-8-4-3-5-9-24)29(32)30-16-15-23-11-13-28(33-2)14-12-23/h3-14,17,26-27H,15-16,18-21H2,1-2H3,(H,30,32)/t26-,27+/m1/s1. The van der Waals surface area contributed by atoms with Crippen LogP contribution >= 0.6 is 0 Å². The molecule has 3 aromatic rings. The molecule has 0 spiro atoms. The second-order valence-electron chi connectivity index (χ2n) is 9.11. The molecule has 0 aromatic heterocycles. The first-order valence-electron chi connectivity index (χ1n) is 11.8. The van der Waals surface area contributed by atoms with Crippen molar-refractivity contribution in [3.63, 3.8) is 0 Å². The van der Waals surface area contributed by atoms with Gasteiger partial charge in [-0.3, -0.25) is 9.69 Å². The normalized spacial score (nSPS) is 18.6. The number of piperidine rings is 1. The minimum Gasteiger partial charge on any atom is -0.497 e. The molecular formula is C29H34N2O2. The van der Waals surface area contributed by atoms with Crippen molar-refractivity contribution in [2.45, 2.75) is 32.2 Å². The molecule has 172 valence electrons. The van der Waals surface area contributed by atoms with Crippen LogP contribution in [0.5, 0.6) is 5.75 Å². The van der Waals surface area contributed by atoms with E-state index in [0.717, 1.165) is 38.2 Å². The predicted molar refractivity (Wildman–Crippen MR) is 133 cm³/mol. The van der Waals surface area contributed by atoms with Crippen LogP contribution in [0.2, 0.25) is 0 Å². The van der Waals surface area contributed by atoms with E-state index in [1.807, 2.05) is 18.2 Å². The predicted octanol–water partition coefficient (Wildman–Crippen LogP) is 4.97. The van der Waals surface area contributed by atoms with Crippen LogP contribution in [0.3, 0.4) is 0 Å². The van der Waals surface area contributed by atoms with Gasteiger partial charge in [0.05, 0.1) is 13.0 Å². The van der Waals surface area contributed by atoms with Crippen LogP contribution in [0, 0.1) is 12.8 Å². The van der Waals surface area contributed by atoms with E-state index in [2.05, 4.69) is 77.8 Å². The quantitative estimate of drug-likeness (QED) is 0.536. The molecule has 1 amide bonds. The fourth-order valence-corrected chi connectivity index (χ4v) is 4.78. The highest BCUT2D eigenvalue weighted by Crippen LogP contribution is 2.31. The van der Waals surface area contributed by atoms with Gasteiger partial charge in [0.25, 0.3) is 0 Å². The number of methoxy groups -OCH3 is 1. The number of benzene rings is 3. The van der Waals surface area contributed by atoms with Crippen LogP contribution in [-0.4, -0.2) is 37.6 Å². The summed E-state index contributed by atoms with van der Waals surface area (Å²) in [5, 5.41) is 3.20. The maximum absolute atomic E-state index is 13.2. The Morgan fingerprint density at radius 2 is 1.76 bits per heavy atom. The molecule has 33 heavy (non-hydrogen) atoms. The van der Waals surface area contributed by atoms with E-state index in [9.17, 15) is 4.79 Å². The monoisotopic (exact) mass is 442 g/mol. The Morgan fingerprint density at radius 3 is 2.48 bits per heavy atom. The molecule has 1 fully saturated rings. The minimum atomic E-state index is -0.0103. The van der Waals surface area contributed by atoms with Gasteiger partial charge in [-0.2, -0.15) is 0 Å². The van der Waals surface area contributed by atoms with Gasteiger partial charge in [-0.1, -0.05) is 72.3 Å². The number of amides is 1. The zero-order valence-corrected chi connectivity index (χ0v) is 19.7. The van der Waals surface area contributed by atoms with Crippen molar-refractivity contribution < 1.29 is 9.53 Å². The number of rotatable bonds is 8. The lowest BCUT2D eigenvalue weighted by atomic mass is 9.83. The van der Waals surface area contributed by atoms with Crippen molar-refractivity contribution >= 4 is 5.91 Å². The first kappa shape index (κ1) is 23.1. The largest absolute Gasteiger partial charge is 0.497 e. The molecule has 1 heterocycles. The highest BCUT2D eigenvalue weighted by Gasteiger charge is 2.32. The van der Waals surface area contributed by atoms with Gasteiger partial charge in [-0.15, -0.1) is 0 Å². The zero-order chi connectivity index (χ0) is 23.0. The van der Waals surface area contributed by atoms with Crippen LogP contribution < -0.4 is 10.1 Å². The molecule has 2 atom stereocenters. The fraction of sp³-hybridized carbons (Fsp3) is 0.345. The molecule has 1 saturated heterocycles. The summed E-state index contributed by atoms with van der Waals surface area (Å²) in [6, 6.07) is 27.3. The number of aryl methyl sites for hydroxylation is 1. The smallest absolute Gasteiger partial charge is 0.224 e. The Balaban J connectivity index is 1.41. The Hall–Kier alpha value is -3.11. The maximum Gasteiger partial charge on any atom is 0.224 e. The third kappa shape index (κ3) is 6.45. The lowest BCUT2D eigenvalue weighted by Gasteiger charge is -2.37. The third-order valence-corrected chi connectivity index (χ3v) is 6.53. The van der Waals surface area contributed by atoms with Crippen LogP contribution in [0.1, 0.15) is 34.6 Å². The summed E-state index contributed by atoms with van der Waals surface area (Å²) in [6.07, 6.45) is 1.71. The van der Waals surface area contributed by atoms with E-state index in [0.29, 0.717) is 12.5 Å². The minimum absolute atomic E-state index is 0.0103. The molecule has 1 aliphatic heterocycles. The van der Waals surface area contributed by atoms with Gasteiger partial charge in [0.2, 0.25) is 5.91 Å². The van der Waals surface area contributed by atoms with Crippen molar-refractivity contribution in [2.24, 2.45) is 5.92 Å². The molecule has 0 saturated carbocycles. The Bertz CT molecular complexity index is 1030. The van der Waals surface area contributed by atoms with Crippen molar-refractivity contribution in [1.82, 2.24) is 10.2 Å².